The molecule has 0 aliphatic heterocycles. The molecule has 0 bridgehead atoms. The molecule has 0 amide bonds. The molecule has 0 aromatic rings. The topological polar surface area (TPSA) is 40.1 Å². The van der Waals surface area contributed by atoms with Gasteiger partial charge < -0.3 is 9.90 Å². The Kier molecular flexibility index (Phi) is 21.6. The van der Waals surface area contributed by atoms with Crippen LogP contribution in [0.4, 0.5) is 0 Å². The second-order valence-corrected chi connectivity index (χ2v) is 5.71. The number of hydrogen-bond donors (Lipinski definition) is 0. The fourth-order valence-electron chi connectivity index (χ4n) is 2.34. The third-order valence-corrected chi connectivity index (χ3v) is 3.64. The minimum Gasteiger partial charge on any atom is -0.550 e. The van der Waals surface area contributed by atoms with Gasteiger partial charge in [-0.05, 0) is 38.5 Å². The Morgan fingerprint density at radius 1 is 0.762 bits per heavy atom. The average molecular weight is 340 g/mol. The van der Waals surface area contributed by atoms with E-state index in [-0.39, 0.29) is 23.2 Å². The third kappa shape index (κ3) is 22.1. The summed E-state index contributed by atoms with van der Waals surface area (Å²) in [6.45, 7) is 2.26. The summed E-state index contributed by atoms with van der Waals surface area (Å²) in [6.07, 6.45) is 20.9. The number of carbonyl (C=O) groups excluding carboxylic acids is 1. The zero-order valence-corrected chi connectivity index (χ0v) is 14.7. The molecule has 0 rings (SSSR count). The summed E-state index contributed by atoms with van der Waals surface area (Å²) in [5.41, 5.74) is 0. The molecule has 0 aliphatic rings. The van der Waals surface area contributed by atoms with Crippen LogP contribution in [0.1, 0.15) is 96.8 Å². The molecule has 0 N–H and O–H groups in total. The van der Waals surface area contributed by atoms with Gasteiger partial charge in [0.05, 0.1) is 0 Å². The standard InChI is InChI=1S/C18H34O2.Co/c1-2-3-4-5-6-7-8-9-10-11-12-13-14-15-16-17-18(19)20;/h9-10H,2-8,11-17H2,1H3,(H,19,20);/q;+1/p-1/b10-9-;. The van der Waals surface area contributed by atoms with Gasteiger partial charge in [-0.1, -0.05) is 70.4 Å². The van der Waals surface area contributed by atoms with E-state index in [1.807, 2.05) is 0 Å². The molecule has 0 atom stereocenters. The van der Waals surface area contributed by atoms with Crippen molar-refractivity contribution in [3.05, 3.63) is 12.2 Å². The summed E-state index contributed by atoms with van der Waals surface area (Å²) in [6, 6.07) is 0. The molecule has 2 nitrogen and oxygen atoms in total. The Balaban J connectivity index is 0. The van der Waals surface area contributed by atoms with E-state index in [0.29, 0.717) is 0 Å². The molecule has 0 radical (unpaired) electrons. The van der Waals surface area contributed by atoms with Crippen LogP contribution < -0.4 is 5.11 Å². The van der Waals surface area contributed by atoms with Gasteiger partial charge in [-0.3, -0.25) is 0 Å². The van der Waals surface area contributed by atoms with Crippen molar-refractivity contribution in [2.24, 2.45) is 0 Å². The third-order valence-electron chi connectivity index (χ3n) is 3.64. The second kappa shape index (κ2) is 19.7. The van der Waals surface area contributed by atoms with Crippen LogP contribution >= 0.6 is 0 Å². The molecular formula is C18H33CoO2. The first-order chi connectivity index (χ1) is 9.77. The van der Waals surface area contributed by atoms with Crippen LogP contribution in [0.2, 0.25) is 0 Å². The van der Waals surface area contributed by atoms with E-state index < -0.39 is 5.97 Å². The largest absolute Gasteiger partial charge is 1.00 e. The second-order valence-electron chi connectivity index (χ2n) is 5.71. The predicted octanol–water partition coefficient (Wildman–Crippen LogP) is 4.77. The van der Waals surface area contributed by atoms with E-state index in [0.717, 1.165) is 19.3 Å². The number of aliphatic carboxylic acids is 1. The van der Waals surface area contributed by atoms with Crippen molar-refractivity contribution in [3.8, 4) is 0 Å². The van der Waals surface area contributed by atoms with Crippen molar-refractivity contribution in [2.45, 2.75) is 96.8 Å². The first-order valence-electron chi connectivity index (χ1n) is 8.62. The number of carbonyl (C=O) groups is 1. The Labute approximate surface area is 142 Å². The molecule has 0 fully saturated rings. The zero-order chi connectivity index (χ0) is 14.9. The predicted molar refractivity (Wildman–Crippen MR) is 84.5 cm³/mol. The molecule has 3 heteroatoms. The van der Waals surface area contributed by atoms with Gasteiger partial charge in [0, 0.05) is 5.97 Å². The van der Waals surface area contributed by atoms with E-state index in [1.165, 1.54) is 64.2 Å². The van der Waals surface area contributed by atoms with Gasteiger partial charge in [-0.15, -0.1) is 0 Å². The number of carboxylic acids is 1. The van der Waals surface area contributed by atoms with Crippen LogP contribution in [0.5, 0.6) is 0 Å². The van der Waals surface area contributed by atoms with Gasteiger partial charge in [0.15, 0.2) is 0 Å². The molecule has 0 aromatic heterocycles. The average Bonchev–Trinajstić information content (AvgIpc) is 2.43. The summed E-state index contributed by atoms with van der Waals surface area (Å²) in [5, 5.41) is 10.2. The summed E-state index contributed by atoms with van der Waals surface area (Å²) < 4.78 is 0. The molecule has 0 heterocycles. The smallest absolute Gasteiger partial charge is 0.550 e. The van der Waals surface area contributed by atoms with Gasteiger partial charge in [0.2, 0.25) is 0 Å². The van der Waals surface area contributed by atoms with Crippen LogP contribution in [0.25, 0.3) is 0 Å². The van der Waals surface area contributed by atoms with Crippen LogP contribution in [-0.2, 0) is 21.6 Å². The maximum atomic E-state index is 10.2. The van der Waals surface area contributed by atoms with Crippen molar-refractivity contribution in [2.75, 3.05) is 0 Å². The Bertz CT molecular complexity index is 239. The number of carboxylic acid groups (broad SMARTS) is 1. The van der Waals surface area contributed by atoms with Crippen molar-refractivity contribution in [1.82, 2.24) is 0 Å². The molecule has 126 valence electrons. The van der Waals surface area contributed by atoms with Crippen molar-refractivity contribution in [1.29, 1.82) is 0 Å². The summed E-state index contributed by atoms with van der Waals surface area (Å²) in [7, 11) is 0. The van der Waals surface area contributed by atoms with E-state index in [1.54, 1.807) is 0 Å². The molecule has 0 aromatic carbocycles. The Hall–Kier alpha value is -0.284. The Morgan fingerprint density at radius 2 is 1.19 bits per heavy atom. The number of rotatable bonds is 15. The summed E-state index contributed by atoms with van der Waals surface area (Å²) in [5.74, 6) is -0.914. The van der Waals surface area contributed by atoms with Crippen molar-refractivity contribution < 1.29 is 26.7 Å². The summed E-state index contributed by atoms with van der Waals surface area (Å²) >= 11 is 0. The first kappa shape index (κ1) is 23.0. The van der Waals surface area contributed by atoms with Crippen LogP contribution in [0.3, 0.4) is 0 Å². The molecule has 0 saturated heterocycles. The monoisotopic (exact) mass is 340 g/mol. The van der Waals surface area contributed by atoms with Crippen molar-refractivity contribution in [3.63, 3.8) is 0 Å². The molecular weight excluding hydrogens is 307 g/mol. The molecule has 0 unspecified atom stereocenters. The van der Waals surface area contributed by atoms with Gasteiger partial charge in [-0.25, -0.2) is 0 Å². The van der Waals surface area contributed by atoms with Crippen LogP contribution in [-0.4, -0.2) is 5.97 Å². The van der Waals surface area contributed by atoms with E-state index in [9.17, 15) is 9.90 Å². The van der Waals surface area contributed by atoms with Gasteiger partial charge in [0.1, 0.15) is 0 Å². The SMILES string of the molecule is CCCCCCCC/C=C\CCCCCCCC(=O)[O-].[Co+]. The fraction of sp³-hybridized carbons (Fsp3) is 0.833. The van der Waals surface area contributed by atoms with Gasteiger partial charge in [0.25, 0.3) is 0 Å². The zero-order valence-electron chi connectivity index (χ0n) is 13.7. The maximum Gasteiger partial charge on any atom is 1.00 e. The quantitative estimate of drug-likeness (QED) is 0.318. The van der Waals surface area contributed by atoms with Crippen molar-refractivity contribution >= 4 is 5.97 Å². The number of hydrogen-bond acceptors (Lipinski definition) is 2. The molecule has 21 heavy (non-hydrogen) atoms. The molecule has 0 spiro atoms. The van der Waals surface area contributed by atoms with Crippen LogP contribution in [0.15, 0.2) is 12.2 Å². The van der Waals surface area contributed by atoms with E-state index in [2.05, 4.69) is 19.1 Å². The van der Waals surface area contributed by atoms with E-state index >= 15 is 0 Å². The number of allylic oxidation sites excluding steroid dienone is 2. The minimum atomic E-state index is -0.914. The first-order valence-corrected chi connectivity index (χ1v) is 8.62. The van der Waals surface area contributed by atoms with Gasteiger partial charge >= 0.3 is 16.8 Å². The maximum absolute atomic E-state index is 10.2. The Morgan fingerprint density at radius 3 is 1.67 bits per heavy atom. The molecule has 0 saturated carbocycles. The summed E-state index contributed by atoms with van der Waals surface area (Å²) in [4.78, 5) is 10.2. The fourth-order valence-corrected chi connectivity index (χ4v) is 2.34. The molecule has 0 aliphatic carbocycles. The van der Waals surface area contributed by atoms with E-state index in [4.69, 9.17) is 0 Å². The number of unbranched alkanes of at least 4 members (excludes halogenated alkanes) is 11. The van der Waals surface area contributed by atoms with Crippen LogP contribution in [0, 0.1) is 0 Å². The minimum absolute atomic E-state index is 0. The van der Waals surface area contributed by atoms with Gasteiger partial charge in [-0.2, -0.15) is 0 Å². The normalized spacial score (nSPS) is 10.7.